The standard InChI is InChI=1S/C23H25N9O3/c1-28-18-20(26-22(24)32-21(18)25-19(27-32)17-3-2-14-35-17)31(23(28)34)13-10-29-8-11-30(12-9-29)15-4-6-16(33)7-5-15/h2-7,14,33H,8-13H2,1H3,(H2,24,26). The molecule has 1 saturated heterocycles. The molecule has 0 bridgehead atoms. The largest absolute Gasteiger partial charge is 0.508 e. The summed E-state index contributed by atoms with van der Waals surface area (Å²) in [6.07, 6.45) is 1.55. The summed E-state index contributed by atoms with van der Waals surface area (Å²) in [4.78, 5) is 26.9. The Bertz CT molecular complexity index is 1560. The van der Waals surface area contributed by atoms with Crippen molar-refractivity contribution in [1.29, 1.82) is 0 Å². The maximum Gasteiger partial charge on any atom is 0.330 e. The molecule has 1 aromatic carbocycles. The number of nitrogens with zero attached hydrogens (tertiary/aromatic N) is 8. The van der Waals surface area contributed by atoms with Gasteiger partial charge in [-0.05, 0) is 36.4 Å². The van der Waals surface area contributed by atoms with Gasteiger partial charge in [0.15, 0.2) is 17.1 Å². The number of benzene rings is 1. The Morgan fingerprint density at radius 1 is 1.03 bits per heavy atom. The third-order valence-corrected chi connectivity index (χ3v) is 6.55. The molecule has 180 valence electrons. The fourth-order valence-corrected chi connectivity index (χ4v) is 4.64. The molecular formula is C23H25N9O3. The predicted molar refractivity (Wildman–Crippen MR) is 130 cm³/mol. The number of imidazole rings is 1. The molecule has 1 aliphatic heterocycles. The van der Waals surface area contributed by atoms with Crippen molar-refractivity contribution in [3.63, 3.8) is 0 Å². The summed E-state index contributed by atoms with van der Waals surface area (Å²) >= 11 is 0. The van der Waals surface area contributed by atoms with E-state index in [9.17, 15) is 9.90 Å². The predicted octanol–water partition coefficient (Wildman–Crippen LogP) is 1.15. The van der Waals surface area contributed by atoms with E-state index in [4.69, 9.17) is 10.2 Å². The molecule has 1 fully saturated rings. The maximum absolute atomic E-state index is 13.1. The fraction of sp³-hybridized carbons (Fsp3) is 0.304. The molecule has 35 heavy (non-hydrogen) atoms. The molecule has 0 amide bonds. The number of aromatic nitrogens is 6. The number of furan rings is 1. The minimum Gasteiger partial charge on any atom is -0.508 e. The number of hydrogen-bond donors (Lipinski definition) is 2. The van der Waals surface area contributed by atoms with Crippen LogP contribution < -0.4 is 16.3 Å². The number of aromatic hydroxyl groups is 1. The minimum atomic E-state index is -0.176. The van der Waals surface area contributed by atoms with Crippen LogP contribution in [0.5, 0.6) is 5.75 Å². The highest BCUT2D eigenvalue weighted by molar-refractivity contribution is 5.88. The number of aryl methyl sites for hydroxylation is 1. The third-order valence-electron chi connectivity index (χ3n) is 6.55. The van der Waals surface area contributed by atoms with Crippen LogP contribution in [0.3, 0.4) is 0 Å². The fourth-order valence-electron chi connectivity index (χ4n) is 4.64. The van der Waals surface area contributed by atoms with Crippen LogP contribution in [-0.4, -0.2) is 71.4 Å². The normalized spacial score (nSPS) is 14.9. The lowest BCUT2D eigenvalue weighted by Gasteiger charge is -2.36. The van der Waals surface area contributed by atoms with E-state index >= 15 is 0 Å². The van der Waals surface area contributed by atoms with Crippen LogP contribution in [0.15, 0.2) is 51.9 Å². The summed E-state index contributed by atoms with van der Waals surface area (Å²) in [5, 5.41) is 13.9. The quantitative estimate of drug-likeness (QED) is 0.384. The molecule has 0 aliphatic carbocycles. The van der Waals surface area contributed by atoms with Crippen LogP contribution in [0.25, 0.3) is 28.4 Å². The Kier molecular flexibility index (Phi) is 4.95. The van der Waals surface area contributed by atoms with Gasteiger partial charge in [-0.2, -0.15) is 9.50 Å². The Morgan fingerprint density at radius 3 is 2.51 bits per heavy atom. The van der Waals surface area contributed by atoms with Gasteiger partial charge in [-0.3, -0.25) is 14.0 Å². The highest BCUT2D eigenvalue weighted by Crippen LogP contribution is 2.23. The van der Waals surface area contributed by atoms with E-state index in [0.29, 0.717) is 41.5 Å². The van der Waals surface area contributed by atoms with Gasteiger partial charge in [0.05, 0.1) is 6.26 Å². The number of piperazine rings is 1. The molecule has 5 aromatic rings. The lowest BCUT2D eigenvalue weighted by molar-refractivity contribution is 0.248. The molecule has 0 radical (unpaired) electrons. The van der Waals surface area contributed by atoms with Crippen LogP contribution in [0.4, 0.5) is 11.6 Å². The summed E-state index contributed by atoms with van der Waals surface area (Å²) < 4.78 is 10.0. The van der Waals surface area contributed by atoms with Crippen molar-refractivity contribution < 1.29 is 9.52 Å². The average molecular weight is 476 g/mol. The van der Waals surface area contributed by atoms with Crippen molar-refractivity contribution in [2.75, 3.05) is 43.4 Å². The van der Waals surface area contributed by atoms with Crippen LogP contribution >= 0.6 is 0 Å². The molecule has 4 aromatic heterocycles. The lowest BCUT2D eigenvalue weighted by atomic mass is 10.2. The number of nitrogens with two attached hydrogens (primary N) is 1. The Balaban J connectivity index is 1.24. The third kappa shape index (κ3) is 3.58. The summed E-state index contributed by atoms with van der Waals surface area (Å²) in [5.74, 6) is 1.31. The van der Waals surface area contributed by atoms with Crippen molar-refractivity contribution in [3.8, 4) is 17.3 Å². The Labute approximate surface area is 199 Å². The van der Waals surface area contributed by atoms with Gasteiger partial charge in [0.2, 0.25) is 11.8 Å². The molecule has 1 aliphatic rings. The van der Waals surface area contributed by atoms with E-state index in [0.717, 1.165) is 31.9 Å². The SMILES string of the molecule is Cn1c(=O)n(CCN2CCN(c3ccc(O)cc3)CC2)c2nc(N)n3nc(-c4ccco4)nc3c21. The van der Waals surface area contributed by atoms with Crippen molar-refractivity contribution in [2.24, 2.45) is 7.05 Å². The first-order chi connectivity index (χ1) is 17.0. The molecule has 0 atom stereocenters. The molecular weight excluding hydrogens is 450 g/mol. The van der Waals surface area contributed by atoms with E-state index < -0.39 is 0 Å². The van der Waals surface area contributed by atoms with Gasteiger partial charge in [0, 0.05) is 52.0 Å². The van der Waals surface area contributed by atoms with Crippen molar-refractivity contribution in [2.45, 2.75) is 6.54 Å². The first-order valence-electron chi connectivity index (χ1n) is 11.4. The van der Waals surface area contributed by atoms with Gasteiger partial charge < -0.3 is 20.2 Å². The van der Waals surface area contributed by atoms with E-state index in [1.165, 1.54) is 4.52 Å². The zero-order chi connectivity index (χ0) is 24.1. The zero-order valence-electron chi connectivity index (χ0n) is 19.2. The van der Waals surface area contributed by atoms with Crippen molar-refractivity contribution in [1.82, 2.24) is 33.6 Å². The average Bonchev–Trinajstić information content (AvgIpc) is 3.59. The lowest BCUT2D eigenvalue weighted by Crippen LogP contribution is -2.47. The van der Waals surface area contributed by atoms with E-state index in [2.05, 4.69) is 24.9 Å². The number of hydrogen-bond acceptors (Lipinski definition) is 9. The molecule has 0 spiro atoms. The van der Waals surface area contributed by atoms with Gasteiger partial charge in [-0.25, -0.2) is 9.78 Å². The van der Waals surface area contributed by atoms with Gasteiger partial charge in [-0.1, -0.05) is 0 Å². The number of phenolic OH excluding ortho intramolecular Hbond substituents is 1. The van der Waals surface area contributed by atoms with Crippen LogP contribution in [-0.2, 0) is 13.6 Å². The molecule has 5 heterocycles. The molecule has 0 saturated carbocycles. The first-order valence-corrected chi connectivity index (χ1v) is 11.4. The second-order valence-corrected chi connectivity index (χ2v) is 8.63. The van der Waals surface area contributed by atoms with E-state index in [1.807, 2.05) is 12.1 Å². The smallest absolute Gasteiger partial charge is 0.330 e. The Morgan fingerprint density at radius 2 is 1.80 bits per heavy atom. The zero-order valence-corrected chi connectivity index (χ0v) is 19.2. The van der Waals surface area contributed by atoms with Gasteiger partial charge in [0.25, 0.3) is 0 Å². The molecule has 12 nitrogen and oxygen atoms in total. The highest BCUT2D eigenvalue weighted by atomic mass is 16.3. The molecule has 12 heteroatoms. The number of rotatable bonds is 5. The monoisotopic (exact) mass is 475 g/mol. The van der Waals surface area contributed by atoms with Crippen LogP contribution in [0, 0.1) is 0 Å². The van der Waals surface area contributed by atoms with Crippen LogP contribution in [0.2, 0.25) is 0 Å². The second kappa shape index (κ2) is 8.17. The number of anilines is 2. The Hall–Kier alpha value is -4.32. The number of nitrogen functional groups attached to an aromatic ring is 1. The molecule has 3 N–H and O–H groups in total. The van der Waals surface area contributed by atoms with Crippen LogP contribution in [0.1, 0.15) is 0 Å². The van der Waals surface area contributed by atoms with E-state index in [1.54, 1.807) is 46.7 Å². The summed E-state index contributed by atoms with van der Waals surface area (Å²) in [6.45, 7) is 4.68. The highest BCUT2D eigenvalue weighted by Gasteiger charge is 2.23. The van der Waals surface area contributed by atoms with Crippen molar-refractivity contribution >= 4 is 28.4 Å². The first kappa shape index (κ1) is 21.2. The second-order valence-electron chi connectivity index (χ2n) is 8.63. The molecule has 0 unspecified atom stereocenters. The van der Waals surface area contributed by atoms with Crippen molar-refractivity contribution in [3.05, 3.63) is 53.1 Å². The number of fused-ring (bicyclic) bond motifs is 3. The summed E-state index contributed by atoms with van der Waals surface area (Å²) in [5.41, 5.74) is 8.64. The summed E-state index contributed by atoms with van der Waals surface area (Å²) in [7, 11) is 1.71. The van der Waals surface area contributed by atoms with Gasteiger partial charge in [-0.15, -0.1) is 5.10 Å². The number of phenols is 1. The van der Waals surface area contributed by atoms with Gasteiger partial charge in [0.1, 0.15) is 11.3 Å². The minimum absolute atomic E-state index is 0.152. The van der Waals surface area contributed by atoms with Gasteiger partial charge >= 0.3 is 5.69 Å². The molecule has 6 rings (SSSR count). The maximum atomic E-state index is 13.1. The van der Waals surface area contributed by atoms with E-state index in [-0.39, 0.29) is 17.4 Å². The summed E-state index contributed by atoms with van der Waals surface area (Å²) in [6, 6.07) is 10.8. The topological polar surface area (TPSA) is 136 Å².